The Hall–Kier alpha value is -1.81. The highest BCUT2D eigenvalue weighted by atomic mass is 32.2. The lowest BCUT2D eigenvalue weighted by Crippen LogP contribution is -1.99. The maximum absolute atomic E-state index is 13.0. The summed E-state index contributed by atoms with van der Waals surface area (Å²) in [5, 5.41) is 9.03. The van der Waals surface area contributed by atoms with Crippen molar-refractivity contribution < 1.29 is 14.3 Å². The molecule has 0 atom stereocenters. The zero-order valence-corrected chi connectivity index (χ0v) is 10.5. The maximum Gasteiger partial charge on any atom is 0.336 e. The first-order chi connectivity index (χ1) is 8.56. The molecule has 0 aliphatic rings. The second-order valence-corrected chi connectivity index (χ2v) is 4.98. The van der Waals surface area contributed by atoms with Crippen LogP contribution in [0.15, 0.2) is 52.3 Å². The predicted molar refractivity (Wildman–Crippen MR) is 68.7 cm³/mol. The molecule has 0 spiro atoms. The van der Waals surface area contributed by atoms with Crippen LogP contribution in [-0.4, -0.2) is 11.1 Å². The van der Waals surface area contributed by atoms with Crippen LogP contribution in [0.5, 0.6) is 0 Å². The summed E-state index contributed by atoms with van der Waals surface area (Å²) in [6.45, 7) is 1.98. The lowest BCUT2D eigenvalue weighted by atomic mass is 10.2. The van der Waals surface area contributed by atoms with E-state index < -0.39 is 11.8 Å². The molecule has 92 valence electrons. The van der Waals surface area contributed by atoms with Crippen molar-refractivity contribution in [3.8, 4) is 0 Å². The number of carboxylic acids is 1. The Morgan fingerprint density at radius 3 is 2.44 bits per heavy atom. The van der Waals surface area contributed by atoms with Crippen molar-refractivity contribution >= 4 is 17.7 Å². The van der Waals surface area contributed by atoms with E-state index in [2.05, 4.69) is 0 Å². The summed E-state index contributed by atoms with van der Waals surface area (Å²) in [5.74, 6) is -1.66. The molecule has 0 heterocycles. The molecule has 2 rings (SSSR count). The Balaban J connectivity index is 2.34. The molecule has 2 aromatic carbocycles. The van der Waals surface area contributed by atoms with E-state index in [1.807, 2.05) is 31.2 Å². The van der Waals surface area contributed by atoms with Crippen molar-refractivity contribution in [3.05, 3.63) is 59.4 Å². The number of benzene rings is 2. The van der Waals surface area contributed by atoms with Crippen LogP contribution in [0.25, 0.3) is 0 Å². The van der Waals surface area contributed by atoms with Gasteiger partial charge in [0.1, 0.15) is 5.82 Å². The zero-order valence-electron chi connectivity index (χ0n) is 9.68. The Kier molecular flexibility index (Phi) is 3.67. The van der Waals surface area contributed by atoms with Gasteiger partial charge in [-0.2, -0.15) is 0 Å². The van der Waals surface area contributed by atoms with Gasteiger partial charge in [0.15, 0.2) is 0 Å². The van der Waals surface area contributed by atoms with E-state index in [0.717, 1.165) is 16.5 Å². The molecule has 2 aromatic rings. The number of carboxylic acid groups (broad SMARTS) is 1. The molecule has 0 fully saturated rings. The van der Waals surface area contributed by atoms with Gasteiger partial charge < -0.3 is 5.11 Å². The minimum Gasteiger partial charge on any atom is -0.478 e. The molecule has 0 unspecified atom stereocenters. The summed E-state index contributed by atoms with van der Waals surface area (Å²) in [5.41, 5.74) is 1.12. The van der Waals surface area contributed by atoms with E-state index in [1.54, 1.807) is 0 Å². The van der Waals surface area contributed by atoms with E-state index in [4.69, 9.17) is 5.11 Å². The lowest BCUT2D eigenvalue weighted by Gasteiger charge is -2.06. The van der Waals surface area contributed by atoms with Crippen molar-refractivity contribution in [1.29, 1.82) is 0 Å². The standard InChI is InChI=1S/C14H11FO2S/c1-9-2-5-11(6-3-9)18-13-7-4-10(15)8-12(13)14(16)17/h2-8H,1H3,(H,16,17). The SMILES string of the molecule is Cc1ccc(Sc2ccc(F)cc2C(=O)O)cc1. The second kappa shape index (κ2) is 5.23. The highest BCUT2D eigenvalue weighted by Gasteiger charge is 2.12. The fourth-order valence-corrected chi connectivity index (χ4v) is 2.41. The molecule has 2 nitrogen and oxygen atoms in total. The van der Waals surface area contributed by atoms with Crippen molar-refractivity contribution in [2.45, 2.75) is 16.7 Å². The van der Waals surface area contributed by atoms with Gasteiger partial charge in [-0.05, 0) is 37.3 Å². The van der Waals surface area contributed by atoms with Crippen molar-refractivity contribution in [3.63, 3.8) is 0 Å². The Morgan fingerprint density at radius 1 is 1.17 bits per heavy atom. The van der Waals surface area contributed by atoms with Crippen LogP contribution in [-0.2, 0) is 0 Å². The number of aromatic carboxylic acids is 1. The maximum atomic E-state index is 13.0. The normalized spacial score (nSPS) is 10.3. The summed E-state index contributed by atoms with van der Waals surface area (Å²) < 4.78 is 13.0. The molecule has 4 heteroatoms. The fraction of sp³-hybridized carbons (Fsp3) is 0.0714. The number of carbonyl (C=O) groups is 1. The fourth-order valence-electron chi connectivity index (χ4n) is 1.49. The van der Waals surface area contributed by atoms with E-state index in [9.17, 15) is 9.18 Å². The molecule has 0 saturated heterocycles. The van der Waals surface area contributed by atoms with Crippen LogP contribution in [0.2, 0.25) is 0 Å². The molecule has 0 aliphatic carbocycles. The number of hydrogen-bond acceptors (Lipinski definition) is 2. The number of rotatable bonds is 3. The zero-order chi connectivity index (χ0) is 13.1. The molecule has 0 bridgehead atoms. The first kappa shape index (κ1) is 12.6. The molecular formula is C14H11FO2S. The third-order valence-corrected chi connectivity index (χ3v) is 3.50. The van der Waals surface area contributed by atoms with Crippen LogP contribution in [0.4, 0.5) is 4.39 Å². The van der Waals surface area contributed by atoms with Gasteiger partial charge in [0.05, 0.1) is 5.56 Å². The summed E-state index contributed by atoms with van der Waals surface area (Å²) in [6, 6.07) is 11.5. The lowest BCUT2D eigenvalue weighted by molar-refractivity contribution is 0.0692. The molecule has 18 heavy (non-hydrogen) atoms. The van der Waals surface area contributed by atoms with Gasteiger partial charge in [-0.15, -0.1) is 0 Å². The van der Waals surface area contributed by atoms with E-state index in [0.29, 0.717) is 4.90 Å². The summed E-state index contributed by atoms with van der Waals surface area (Å²) in [6.07, 6.45) is 0. The Morgan fingerprint density at radius 2 is 1.83 bits per heavy atom. The second-order valence-electron chi connectivity index (χ2n) is 3.86. The van der Waals surface area contributed by atoms with E-state index >= 15 is 0 Å². The molecule has 0 radical (unpaired) electrons. The first-order valence-electron chi connectivity index (χ1n) is 5.33. The van der Waals surface area contributed by atoms with Crippen molar-refractivity contribution in [1.82, 2.24) is 0 Å². The number of halogens is 1. The number of aryl methyl sites for hydroxylation is 1. The van der Waals surface area contributed by atoms with Gasteiger partial charge in [-0.3, -0.25) is 0 Å². The smallest absolute Gasteiger partial charge is 0.336 e. The van der Waals surface area contributed by atoms with Crippen LogP contribution in [0.3, 0.4) is 0 Å². The Bertz CT molecular complexity index is 579. The van der Waals surface area contributed by atoms with Gasteiger partial charge in [-0.25, -0.2) is 9.18 Å². The van der Waals surface area contributed by atoms with Crippen molar-refractivity contribution in [2.75, 3.05) is 0 Å². The van der Waals surface area contributed by atoms with Crippen molar-refractivity contribution in [2.24, 2.45) is 0 Å². The predicted octanol–water partition coefficient (Wildman–Crippen LogP) is 3.98. The Labute approximate surface area is 108 Å². The quantitative estimate of drug-likeness (QED) is 0.909. The first-order valence-corrected chi connectivity index (χ1v) is 6.15. The van der Waals surface area contributed by atoms with Gasteiger partial charge in [0.25, 0.3) is 0 Å². The summed E-state index contributed by atoms with van der Waals surface area (Å²) in [4.78, 5) is 12.5. The van der Waals surface area contributed by atoms with Crippen LogP contribution in [0, 0.1) is 12.7 Å². The largest absolute Gasteiger partial charge is 0.478 e. The third-order valence-electron chi connectivity index (χ3n) is 2.42. The monoisotopic (exact) mass is 262 g/mol. The average molecular weight is 262 g/mol. The summed E-state index contributed by atoms with van der Waals surface area (Å²) in [7, 11) is 0. The van der Waals surface area contributed by atoms with Crippen LogP contribution in [0.1, 0.15) is 15.9 Å². The molecule has 1 N–H and O–H groups in total. The topological polar surface area (TPSA) is 37.3 Å². The minimum absolute atomic E-state index is 0.0134. The molecule has 0 aromatic heterocycles. The van der Waals surface area contributed by atoms with E-state index in [1.165, 1.54) is 23.9 Å². The van der Waals surface area contributed by atoms with Gasteiger partial charge in [0.2, 0.25) is 0 Å². The van der Waals surface area contributed by atoms with Gasteiger partial charge in [-0.1, -0.05) is 29.5 Å². The highest BCUT2D eigenvalue weighted by Crippen LogP contribution is 2.31. The van der Waals surface area contributed by atoms with E-state index in [-0.39, 0.29) is 5.56 Å². The highest BCUT2D eigenvalue weighted by molar-refractivity contribution is 7.99. The molecule has 0 saturated carbocycles. The summed E-state index contributed by atoms with van der Waals surface area (Å²) >= 11 is 1.31. The van der Waals surface area contributed by atoms with Gasteiger partial charge in [0, 0.05) is 9.79 Å². The van der Waals surface area contributed by atoms with Crippen LogP contribution < -0.4 is 0 Å². The van der Waals surface area contributed by atoms with Gasteiger partial charge >= 0.3 is 5.97 Å². The van der Waals surface area contributed by atoms with Crippen LogP contribution >= 0.6 is 11.8 Å². The average Bonchev–Trinajstić information content (AvgIpc) is 2.34. The minimum atomic E-state index is -1.12. The molecular weight excluding hydrogens is 251 g/mol. The number of hydrogen-bond donors (Lipinski definition) is 1. The molecule has 0 amide bonds. The third kappa shape index (κ3) is 2.90. The molecule has 0 aliphatic heterocycles.